The van der Waals surface area contributed by atoms with Crippen LogP contribution in [-0.4, -0.2) is 18.5 Å². The lowest BCUT2D eigenvalue weighted by atomic mass is 10.1. The second-order valence-corrected chi connectivity index (χ2v) is 4.82. The molecule has 0 saturated heterocycles. The summed E-state index contributed by atoms with van der Waals surface area (Å²) in [5, 5.41) is 0. The summed E-state index contributed by atoms with van der Waals surface area (Å²) in [6.07, 6.45) is 3.59. The monoisotopic (exact) mass is 218 g/mol. The second-order valence-electron chi connectivity index (χ2n) is 4.82. The van der Waals surface area contributed by atoms with E-state index in [4.69, 9.17) is 5.73 Å². The third-order valence-electron chi connectivity index (χ3n) is 3.63. The Kier molecular flexibility index (Phi) is 3.62. The highest BCUT2D eigenvalue weighted by molar-refractivity contribution is 5.37. The number of nitrogens with zero attached hydrogens (tertiary/aromatic N) is 1. The fourth-order valence-corrected chi connectivity index (χ4v) is 2.63. The van der Waals surface area contributed by atoms with Crippen molar-refractivity contribution in [1.82, 2.24) is 4.90 Å². The Bertz CT molecular complexity index is 348. The van der Waals surface area contributed by atoms with Crippen LogP contribution in [0.2, 0.25) is 0 Å². The van der Waals surface area contributed by atoms with Gasteiger partial charge in [-0.25, -0.2) is 0 Å². The maximum atomic E-state index is 6.18. The maximum absolute atomic E-state index is 6.18. The van der Waals surface area contributed by atoms with E-state index < -0.39 is 0 Å². The summed E-state index contributed by atoms with van der Waals surface area (Å²) < 4.78 is 0. The van der Waals surface area contributed by atoms with Crippen LogP contribution in [0.15, 0.2) is 24.3 Å². The minimum Gasteiger partial charge on any atom is -0.324 e. The molecule has 1 aromatic carbocycles. The van der Waals surface area contributed by atoms with E-state index in [0.717, 1.165) is 6.42 Å². The van der Waals surface area contributed by atoms with Gasteiger partial charge in [0.25, 0.3) is 0 Å². The van der Waals surface area contributed by atoms with E-state index in [-0.39, 0.29) is 6.04 Å². The van der Waals surface area contributed by atoms with Gasteiger partial charge in [0.1, 0.15) is 0 Å². The van der Waals surface area contributed by atoms with Crippen LogP contribution in [0.25, 0.3) is 0 Å². The second kappa shape index (κ2) is 4.98. The molecule has 1 aliphatic carbocycles. The summed E-state index contributed by atoms with van der Waals surface area (Å²) in [5.41, 5.74) is 8.96. The Morgan fingerprint density at radius 2 is 2.00 bits per heavy atom. The SMILES string of the molecule is CCCCN(C)C1CC(N)c2ccccc21. The molecule has 2 heteroatoms. The van der Waals surface area contributed by atoms with Gasteiger partial charge in [-0.1, -0.05) is 37.6 Å². The molecule has 0 heterocycles. The Hall–Kier alpha value is -0.860. The number of nitrogens with two attached hydrogens (primary N) is 1. The van der Waals surface area contributed by atoms with Crippen molar-refractivity contribution in [2.75, 3.05) is 13.6 Å². The number of hydrogen-bond acceptors (Lipinski definition) is 2. The Labute approximate surface area is 98.4 Å². The topological polar surface area (TPSA) is 29.3 Å². The maximum Gasteiger partial charge on any atom is 0.0366 e. The molecule has 0 aliphatic heterocycles. The van der Waals surface area contributed by atoms with E-state index in [1.165, 1.54) is 30.5 Å². The van der Waals surface area contributed by atoms with Gasteiger partial charge in [0.05, 0.1) is 0 Å². The van der Waals surface area contributed by atoms with Crippen molar-refractivity contribution < 1.29 is 0 Å². The molecule has 1 aromatic rings. The molecule has 0 amide bonds. The minimum atomic E-state index is 0.227. The highest BCUT2D eigenvalue weighted by Crippen LogP contribution is 2.40. The van der Waals surface area contributed by atoms with Crippen LogP contribution in [0.5, 0.6) is 0 Å². The van der Waals surface area contributed by atoms with Gasteiger partial charge >= 0.3 is 0 Å². The zero-order valence-corrected chi connectivity index (χ0v) is 10.3. The quantitative estimate of drug-likeness (QED) is 0.842. The number of fused-ring (bicyclic) bond motifs is 1. The molecule has 2 N–H and O–H groups in total. The average Bonchev–Trinajstić information content (AvgIpc) is 2.65. The summed E-state index contributed by atoms with van der Waals surface area (Å²) in [7, 11) is 2.22. The molecule has 0 bridgehead atoms. The molecule has 2 atom stereocenters. The van der Waals surface area contributed by atoms with Crippen LogP contribution < -0.4 is 5.73 Å². The van der Waals surface area contributed by atoms with E-state index in [9.17, 15) is 0 Å². The van der Waals surface area contributed by atoms with E-state index in [0.29, 0.717) is 6.04 Å². The van der Waals surface area contributed by atoms with Gasteiger partial charge in [-0.05, 0) is 37.6 Å². The van der Waals surface area contributed by atoms with Crippen LogP contribution in [0, 0.1) is 0 Å². The number of hydrogen-bond donors (Lipinski definition) is 1. The van der Waals surface area contributed by atoms with E-state index >= 15 is 0 Å². The summed E-state index contributed by atoms with van der Waals surface area (Å²) in [6, 6.07) is 9.37. The van der Waals surface area contributed by atoms with E-state index in [2.05, 4.69) is 43.1 Å². The van der Waals surface area contributed by atoms with Crippen molar-refractivity contribution in [3.05, 3.63) is 35.4 Å². The van der Waals surface area contributed by atoms with Crippen LogP contribution in [0.1, 0.15) is 49.4 Å². The van der Waals surface area contributed by atoms with Gasteiger partial charge in [0.2, 0.25) is 0 Å². The molecular formula is C14H22N2. The zero-order chi connectivity index (χ0) is 11.5. The van der Waals surface area contributed by atoms with Crippen LogP contribution >= 0.6 is 0 Å². The van der Waals surface area contributed by atoms with E-state index in [1.54, 1.807) is 0 Å². The standard InChI is InChI=1S/C14H22N2/c1-3-4-9-16(2)14-10-13(15)11-7-5-6-8-12(11)14/h5-8,13-14H,3-4,9-10,15H2,1-2H3. The first-order valence-corrected chi connectivity index (χ1v) is 6.28. The molecular weight excluding hydrogens is 196 g/mol. The molecule has 2 rings (SSSR count). The minimum absolute atomic E-state index is 0.227. The van der Waals surface area contributed by atoms with Crippen LogP contribution in [0.3, 0.4) is 0 Å². The van der Waals surface area contributed by atoms with Gasteiger partial charge < -0.3 is 5.73 Å². The highest BCUT2D eigenvalue weighted by atomic mass is 15.1. The molecule has 0 aromatic heterocycles. The summed E-state index contributed by atoms with van der Waals surface area (Å²) in [4.78, 5) is 2.45. The van der Waals surface area contributed by atoms with Crippen molar-refractivity contribution in [2.45, 2.75) is 38.3 Å². The Morgan fingerprint density at radius 3 is 2.69 bits per heavy atom. The predicted octanol–water partition coefficient (Wildman–Crippen LogP) is 2.86. The summed E-state index contributed by atoms with van der Waals surface area (Å²) in [6.45, 7) is 3.41. The molecule has 88 valence electrons. The molecule has 2 nitrogen and oxygen atoms in total. The number of unbranched alkanes of at least 4 members (excludes halogenated alkanes) is 1. The van der Waals surface area contributed by atoms with Gasteiger partial charge in [-0.3, -0.25) is 4.90 Å². The fourth-order valence-electron chi connectivity index (χ4n) is 2.63. The zero-order valence-electron chi connectivity index (χ0n) is 10.3. The van der Waals surface area contributed by atoms with Gasteiger partial charge in [-0.2, -0.15) is 0 Å². The molecule has 0 spiro atoms. The molecule has 2 unspecified atom stereocenters. The van der Waals surface area contributed by atoms with Crippen LogP contribution in [0.4, 0.5) is 0 Å². The lowest BCUT2D eigenvalue weighted by molar-refractivity contribution is 0.234. The molecule has 0 saturated carbocycles. The number of benzene rings is 1. The third kappa shape index (κ3) is 2.13. The van der Waals surface area contributed by atoms with Gasteiger partial charge in [0.15, 0.2) is 0 Å². The lowest BCUT2D eigenvalue weighted by Gasteiger charge is -2.25. The van der Waals surface area contributed by atoms with Crippen molar-refractivity contribution in [1.29, 1.82) is 0 Å². The summed E-state index contributed by atoms with van der Waals surface area (Å²) in [5.74, 6) is 0. The predicted molar refractivity (Wildman–Crippen MR) is 68.3 cm³/mol. The van der Waals surface area contributed by atoms with Crippen molar-refractivity contribution >= 4 is 0 Å². The number of rotatable bonds is 4. The first kappa shape index (κ1) is 11.6. The Morgan fingerprint density at radius 1 is 1.31 bits per heavy atom. The molecule has 16 heavy (non-hydrogen) atoms. The average molecular weight is 218 g/mol. The largest absolute Gasteiger partial charge is 0.324 e. The first-order valence-electron chi connectivity index (χ1n) is 6.28. The van der Waals surface area contributed by atoms with Crippen molar-refractivity contribution in [3.8, 4) is 0 Å². The lowest BCUT2D eigenvalue weighted by Crippen LogP contribution is -2.24. The first-order chi connectivity index (χ1) is 7.74. The smallest absolute Gasteiger partial charge is 0.0366 e. The normalized spacial score (nSPS) is 23.8. The van der Waals surface area contributed by atoms with Gasteiger partial charge in [-0.15, -0.1) is 0 Å². The van der Waals surface area contributed by atoms with Crippen molar-refractivity contribution in [3.63, 3.8) is 0 Å². The third-order valence-corrected chi connectivity index (χ3v) is 3.63. The summed E-state index contributed by atoms with van der Waals surface area (Å²) >= 11 is 0. The molecule has 0 radical (unpaired) electrons. The Balaban J connectivity index is 2.14. The fraction of sp³-hybridized carbons (Fsp3) is 0.571. The molecule has 1 aliphatic rings. The van der Waals surface area contributed by atoms with E-state index in [1.807, 2.05) is 0 Å². The highest BCUT2D eigenvalue weighted by Gasteiger charge is 2.30. The van der Waals surface area contributed by atoms with Crippen molar-refractivity contribution in [2.24, 2.45) is 5.73 Å². The van der Waals surface area contributed by atoms with Gasteiger partial charge in [0, 0.05) is 12.1 Å². The molecule has 0 fully saturated rings. The van der Waals surface area contributed by atoms with Crippen LogP contribution in [-0.2, 0) is 0 Å².